The molecule has 1 fully saturated rings. The first-order valence-corrected chi connectivity index (χ1v) is 8.27. The second-order valence-electron chi connectivity index (χ2n) is 5.64. The van der Waals surface area contributed by atoms with Gasteiger partial charge in [-0.1, -0.05) is 24.3 Å². The van der Waals surface area contributed by atoms with Crippen LogP contribution in [0.2, 0.25) is 0 Å². The summed E-state index contributed by atoms with van der Waals surface area (Å²) in [5.74, 6) is 0.853. The van der Waals surface area contributed by atoms with E-state index < -0.39 is 0 Å². The zero-order valence-corrected chi connectivity index (χ0v) is 13.8. The molecule has 2 aromatic carbocycles. The number of carbonyl (C=O) groups is 1. The Labute approximate surface area is 138 Å². The van der Waals surface area contributed by atoms with Gasteiger partial charge in [0.25, 0.3) is 5.91 Å². The number of aromatic hydroxyl groups is 1. The molecule has 2 aromatic rings. The van der Waals surface area contributed by atoms with Crippen molar-refractivity contribution in [3.63, 3.8) is 0 Å². The van der Waals surface area contributed by atoms with Gasteiger partial charge < -0.3 is 10.0 Å². The van der Waals surface area contributed by atoms with Crippen LogP contribution in [0, 0.1) is 0 Å². The quantitative estimate of drug-likeness (QED) is 0.873. The zero-order chi connectivity index (χ0) is 15.5. The monoisotopic (exact) mass is 359 g/mol. The number of hydrogen-bond donors (Lipinski definition) is 1. The summed E-state index contributed by atoms with van der Waals surface area (Å²) in [7, 11) is 0. The van der Waals surface area contributed by atoms with Gasteiger partial charge in [0.1, 0.15) is 5.75 Å². The molecule has 22 heavy (non-hydrogen) atoms. The van der Waals surface area contributed by atoms with Gasteiger partial charge in [0, 0.05) is 17.6 Å². The molecule has 3 nitrogen and oxygen atoms in total. The highest BCUT2D eigenvalue weighted by Crippen LogP contribution is 2.30. The second-order valence-corrected chi connectivity index (χ2v) is 6.49. The van der Waals surface area contributed by atoms with E-state index in [0.717, 1.165) is 36.0 Å². The van der Waals surface area contributed by atoms with Crippen LogP contribution in [0.3, 0.4) is 0 Å². The Morgan fingerprint density at radius 2 is 1.68 bits per heavy atom. The van der Waals surface area contributed by atoms with E-state index in [4.69, 9.17) is 0 Å². The molecular formula is C18H18BrNO2. The largest absolute Gasteiger partial charge is 0.508 e. The van der Waals surface area contributed by atoms with Gasteiger partial charge in [-0.05, 0) is 64.5 Å². The molecular weight excluding hydrogens is 342 g/mol. The van der Waals surface area contributed by atoms with Crippen molar-refractivity contribution in [2.75, 3.05) is 13.1 Å². The number of halogens is 1. The van der Waals surface area contributed by atoms with Crippen LogP contribution in [0.1, 0.15) is 34.7 Å². The lowest BCUT2D eigenvalue weighted by Crippen LogP contribution is -2.38. The van der Waals surface area contributed by atoms with E-state index in [1.165, 1.54) is 5.56 Å². The Kier molecular flexibility index (Phi) is 4.48. The van der Waals surface area contributed by atoms with Gasteiger partial charge in [0.2, 0.25) is 0 Å². The van der Waals surface area contributed by atoms with E-state index in [2.05, 4.69) is 15.9 Å². The molecule has 0 saturated carbocycles. The molecule has 0 unspecified atom stereocenters. The minimum atomic E-state index is 0.0941. The summed E-state index contributed by atoms with van der Waals surface area (Å²) in [6, 6.07) is 15.0. The topological polar surface area (TPSA) is 40.5 Å². The van der Waals surface area contributed by atoms with Crippen LogP contribution in [-0.4, -0.2) is 29.0 Å². The minimum Gasteiger partial charge on any atom is -0.508 e. The lowest BCUT2D eigenvalue weighted by atomic mass is 9.89. The Hall–Kier alpha value is -1.81. The second kappa shape index (κ2) is 6.53. The van der Waals surface area contributed by atoms with Gasteiger partial charge in [-0.25, -0.2) is 0 Å². The van der Waals surface area contributed by atoms with Gasteiger partial charge in [-0.2, -0.15) is 0 Å². The number of rotatable bonds is 2. The van der Waals surface area contributed by atoms with E-state index in [1.54, 1.807) is 12.1 Å². The van der Waals surface area contributed by atoms with Crippen molar-refractivity contribution < 1.29 is 9.90 Å². The third-order valence-corrected chi connectivity index (χ3v) is 4.94. The van der Waals surface area contributed by atoms with Crippen LogP contribution in [0.5, 0.6) is 5.75 Å². The van der Waals surface area contributed by atoms with Crippen molar-refractivity contribution in [1.29, 1.82) is 0 Å². The van der Waals surface area contributed by atoms with Crippen LogP contribution in [0.4, 0.5) is 0 Å². The smallest absolute Gasteiger partial charge is 0.254 e. The van der Waals surface area contributed by atoms with Crippen LogP contribution in [0.25, 0.3) is 0 Å². The highest BCUT2D eigenvalue weighted by molar-refractivity contribution is 9.10. The van der Waals surface area contributed by atoms with E-state index in [9.17, 15) is 9.90 Å². The van der Waals surface area contributed by atoms with Crippen molar-refractivity contribution in [1.82, 2.24) is 4.90 Å². The highest BCUT2D eigenvalue weighted by atomic mass is 79.9. The molecule has 0 aromatic heterocycles. The van der Waals surface area contributed by atoms with Crippen LogP contribution in [-0.2, 0) is 0 Å². The molecule has 1 heterocycles. The minimum absolute atomic E-state index is 0.0941. The average molecular weight is 360 g/mol. The molecule has 1 amide bonds. The lowest BCUT2D eigenvalue weighted by molar-refractivity contribution is 0.0712. The summed E-state index contributed by atoms with van der Waals surface area (Å²) in [4.78, 5) is 14.5. The van der Waals surface area contributed by atoms with Crippen molar-refractivity contribution in [3.8, 4) is 5.75 Å². The van der Waals surface area contributed by atoms with Gasteiger partial charge in [0.15, 0.2) is 0 Å². The molecule has 1 saturated heterocycles. The number of nitrogens with zero attached hydrogens (tertiary/aromatic N) is 1. The summed E-state index contributed by atoms with van der Waals surface area (Å²) in [6.45, 7) is 1.54. The Morgan fingerprint density at radius 1 is 1.05 bits per heavy atom. The summed E-state index contributed by atoms with van der Waals surface area (Å²) in [5, 5.41) is 9.36. The number of amides is 1. The fraction of sp³-hybridized carbons (Fsp3) is 0.278. The van der Waals surface area contributed by atoms with Gasteiger partial charge in [-0.3, -0.25) is 4.79 Å². The maximum absolute atomic E-state index is 12.6. The van der Waals surface area contributed by atoms with Crippen molar-refractivity contribution in [2.24, 2.45) is 0 Å². The first-order valence-electron chi connectivity index (χ1n) is 7.48. The molecule has 1 N–H and O–H groups in total. The first kappa shape index (κ1) is 15.1. The van der Waals surface area contributed by atoms with Crippen molar-refractivity contribution >= 4 is 21.8 Å². The number of hydrogen-bond acceptors (Lipinski definition) is 2. The number of likely N-dealkylation sites (tertiary alicyclic amines) is 1. The summed E-state index contributed by atoms with van der Waals surface area (Å²) < 4.78 is 0.848. The first-order chi connectivity index (χ1) is 10.6. The number of piperidine rings is 1. The number of phenolic OH excluding ortho intramolecular Hbond substituents is 1. The highest BCUT2D eigenvalue weighted by Gasteiger charge is 2.25. The summed E-state index contributed by atoms with van der Waals surface area (Å²) >= 11 is 3.45. The SMILES string of the molecule is O=C(c1ccccc1Br)N1CCC(c2ccc(O)cc2)CC1. The molecule has 4 heteroatoms. The fourth-order valence-corrected chi connectivity index (χ4v) is 3.42. The van der Waals surface area contributed by atoms with Gasteiger partial charge in [-0.15, -0.1) is 0 Å². The molecule has 0 radical (unpaired) electrons. The summed E-state index contributed by atoms with van der Waals surface area (Å²) in [5.41, 5.74) is 1.97. The summed E-state index contributed by atoms with van der Waals surface area (Å²) in [6.07, 6.45) is 1.92. The van der Waals surface area contributed by atoms with Crippen LogP contribution in [0.15, 0.2) is 53.0 Å². The Morgan fingerprint density at radius 3 is 2.32 bits per heavy atom. The predicted octanol–water partition coefficient (Wildman–Crippen LogP) is 4.17. The van der Waals surface area contributed by atoms with E-state index in [-0.39, 0.29) is 5.91 Å². The average Bonchev–Trinajstić information content (AvgIpc) is 2.56. The Bertz CT molecular complexity index is 661. The molecule has 3 rings (SSSR count). The number of benzene rings is 2. The number of carbonyl (C=O) groups excluding carboxylic acids is 1. The standard InChI is InChI=1S/C18H18BrNO2/c19-17-4-2-1-3-16(17)18(22)20-11-9-14(10-12-20)13-5-7-15(21)8-6-13/h1-8,14,21H,9-12H2. The maximum atomic E-state index is 12.6. The van der Waals surface area contributed by atoms with Crippen molar-refractivity contribution in [3.05, 3.63) is 64.1 Å². The normalized spacial score (nSPS) is 15.8. The van der Waals surface area contributed by atoms with E-state index in [0.29, 0.717) is 11.7 Å². The molecule has 0 aliphatic carbocycles. The third-order valence-electron chi connectivity index (χ3n) is 4.25. The Balaban J connectivity index is 1.65. The number of phenols is 1. The molecule has 0 atom stereocenters. The molecule has 1 aliphatic rings. The van der Waals surface area contributed by atoms with Gasteiger partial charge in [0.05, 0.1) is 5.56 Å². The van der Waals surface area contributed by atoms with Crippen LogP contribution >= 0.6 is 15.9 Å². The molecule has 114 valence electrons. The molecule has 0 spiro atoms. The van der Waals surface area contributed by atoms with Crippen molar-refractivity contribution in [2.45, 2.75) is 18.8 Å². The van der Waals surface area contributed by atoms with E-state index in [1.807, 2.05) is 41.3 Å². The van der Waals surface area contributed by atoms with Crippen LogP contribution < -0.4 is 0 Å². The van der Waals surface area contributed by atoms with E-state index >= 15 is 0 Å². The fourth-order valence-electron chi connectivity index (χ4n) is 2.97. The predicted molar refractivity (Wildman–Crippen MR) is 90.1 cm³/mol. The molecule has 1 aliphatic heterocycles. The van der Waals surface area contributed by atoms with Gasteiger partial charge >= 0.3 is 0 Å². The molecule has 0 bridgehead atoms. The third kappa shape index (κ3) is 3.17. The maximum Gasteiger partial charge on any atom is 0.254 e. The lowest BCUT2D eigenvalue weighted by Gasteiger charge is -2.32. The zero-order valence-electron chi connectivity index (χ0n) is 12.2.